The van der Waals surface area contributed by atoms with Crippen molar-refractivity contribution in [2.75, 3.05) is 33.2 Å². The maximum atomic E-state index is 4.30. The van der Waals surface area contributed by atoms with Gasteiger partial charge in [-0.15, -0.1) is 0 Å². The maximum absolute atomic E-state index is 4.30. The van der Waals surface area contributed by atoms with E-state index in [-0.39, 0.29) is 0 Å². The molecule has 2 bridgehead atoms. The number of rotatable bonds is 6. The van der Waals surface area contributed by atoms with Gasteiger partial charge in [0, 0.05) is 31.5 Å². The van der Waals surface area contributed by atoms with Crippen LogP contribution in [0, 0.1) is 17.8 Å². The Kier molecular flexibility index (Phi) is 4.54. The Labute approximate surface area is 140 Å². The lowest BCUT2D eigenvalue weighted by Crippen LogP contribution is -2.45. The Bertz CT molecular complexity index is 515. The van der Waals surface area contributed by atoms with Crippen LogP contribution in [0.3, 0.4) is 0 Å². The Morgan fingerprint density at radius 1 is 1.13 bits per heavy atom. The van der Waals surface area contributed by atoms with Crippen molar-refractivity contribution in [3.63, 3.8) is 0 Å². The summed E-state index contributed by atoms with van der Waals surface area (Å²) in [6.45, 7) is 5.95. The van der Waals surface area contributed by atoms with E-state index in [4.69, 9.17) is 0 Å². The van der Waals surface area contributed by atoms with Crippen LogP contribution in [0.25, 0.3) is 0 Å². The third-order valence-electron chi connectivity index (χ3n) is 6.32. The minimum absolute atomic E-state index is 0.791. The molecule has 2 fully saturated rings. The molecule has 3 aliphatic rings. The lowest BCUT2D eigenvalue weighted by molar-refractivity contribution is 0.109. The topological polar surface area (TPSA) is 24.3 Å². The molecule has 4 nitrogen and oxygen atoms in total. The van der Waals surface area contributed by atoms with Crippen molar-refractivity contribution in [1.82, 2.24) is 19.6 Å². The lowest BCUT2D eigenvalue weighted by atomic mass is 9.92. The molecule has 0 aromatic carbocycles. The molecule has 4 rings (SSSR count). The maximum Gasteiger partial charge on any atom is 0.0536 e. The Morgan fingerprint density at radius 2 is 2.00 bits per heavy atom. The molecule has 1 aliphatic heterocycles. The molecule has 126 valence electrons. The number of fused-ring (bicyclic) bond motifs is 2. The molecule has 0 unspecified atom stereocenters. The second-order valence-corrected chi connectivity index (χ2v) is 7.82. The zero-order valence-corrected chi connectivity index (χ0v) is 14.3. The highest BCUT2D eigenvalue weighted by molar-refractivity contribution is 5.10. The van der Waals surface area contributed by atoms with E-state index in [0.717, 1.165) is 36.9 Å². The van der Waals surface area contributed by atoms with Gasteiger partial charge in [-0.3, -0.25) is 4.68 Å². The van der Waals surface area contributed by atoms with E-state index in [0.29, 0.717) is 0 Å². The zero-order chi connectivity index (χ0) is 15.6. The zero-order valence-electron chi connectivity index (χ0n) is 14.3. The van der Waals surface area contributed by atoms with Crippen LogP contribution in [0.1, 0.15) is 25.7 Å². The van der Waals surface area contributed by atoms with Gasteiger partial charge >= 0.3 is 0 Å². The van der Waals surface area contributed by atoms with Crippen LogP contribution in [0.15, 0.2) is 30.6 Å². The van der Waals surface area contributed by atoms with Gasteiger partial charge in [-0.05, 0) is 69.6 Å². The van der Waals surface area contributed by atoms with Crippen molar-refractivity contribution < 1.29 is 0 Å². The second-order valence-electron chi connectivity index (χ2n) is 7.82. The first-order valence-electron chi connectivity index (χ1n) is 9.36. The molecule has 4 heteroatoms. The predicted octanol–water partition coefficient (Wildman–Crippen LogP) is 2.49. The molecular formula is C19H30N4. The van der Waals surface area contributed by atoms with Crippen molar-refractivity contribution >= 4 is 0 Å². The van der Waals surface area contributed by atoms with Crippen molar-refractivity contribution in [3.05, 3.63) is 30.6 Å². The number of hydrogen-bond acceptors (Lipinski definition) is 3. The highest BCUT2D eigenvalue weighted by Gasteiger charge is 2.36. The first kappa shape index (κ1) is 15.4. The number of likely N-dealkylation sites (tertiary alicyclic amines) is 1. The summed E-state index contributed by atoms with van der Waals surface area (Å²) >= 11 is 0. The van der Waals surface area contributed by atoms with Crippen LogP contribution in [-0.4, -0.2) is 58.8 Å². The van der Waals surface area contributed by atoms with E-state index >= 15 is 0 Å². The third-order valence-corrected chi connectivity index (χ3v) is 6.32. The predicted molar refractivity (Wildman–Crippen MR) is 93.2 cm³/mol. The van der Waals surface area contributed by atoms with Crippen molar-refractivity contribution in [1.29, 1.82) is 0 Å². The van der Waals surface area contributed by atoms with E-state index in [1.54, 1.807) is 0 Å². The fourth-order valence-electron chi connectivity index (χ4n) is 4.88. The number of nitrogens with zero attached hydrogens (tertiary/aromatic N) is 4. The standard InChI is InChI=1S/C19H30N4/c1-21(15-18-14-16-3-4-17(18)13-16)19-5-9-22(10-6-19)11-12-23-8-2-7-20-23/h2-4,7-8,16-19H,5-6,9-15H2,1H3/t16-,17-,18-/m0/s1. The van der Waals surface area contributed by atoms with E-state index in [1.165, 1.54) is 45.3 Å². The van der Waals surface area contributed by atoms with Gasteiger partial charge in [-0.1, -0.05) is 12.2 Å². The van der Waals surface area contributed by atoms with E-state index in [1.807, 2.05) is 16.9 Å². The normalized spacial score (nSPS) is 31.5. The quantitative estimate of drug-likeness (QED) is 0.754. The molecule has 2 aliphatic carbocycles. The molecular weight excluding hydrogens is 284 g/mol. The van der Waals surface area contributed by atoms with Crippen molar-refractivity contribution in [2.24, 2.45) is 17.8 Å². The van der Waals surface area contributed by atoms with Crippen LogP contribution in [-0.2, 0) is 6.54 Å². The average Bonchev–Trinajstić information content (AvgIpc) is 3.31. The van der Waals surface area contributed by atoms with Gasteiger partial charge in [-0.2, -0.15) is 5.10 Å². The molecule has 2 heterocycles. The number of piperidine rings is 1. The second kappa shape index (κ2) is 6.78. The fraction of sp³-hybridized carbons (Fsp3) is 0.737. The molecule has 1 aromatic heterocycles. The van der Waals surface area contributed by atoms with E-state index in [9.17, 15) is 0 Å². The van der Waals surface area contributed by atoms with Crippen LogP contribution in [0.5, 0.6) is 0 Å². The molecule has 0 spiro atoms. The first-order chi connectivity index (χ1) is 11.3. The summed E-state index contributed by atoms with van der Waals surface area (Å²) in [6.07, 6.45) is 14.4. The molecule has 0 N–H and O–H groups in total. The Morgan fingerprint density at radius 3 is 2.65 bits per heavy atom. The molecule has 0 amide bonds. The molecule has 0 radical (unpaired) electrons. The number of aromatic nitrogens is 2. The lowest BCUT2D eigenvalue weighted by Gasteiger charge is -2.38. The SMILES string of the molecule is CN(C[C@@H]1C[C@H]2C=C[C@H]1C2)C1CCN(CCn2cccn2)CC1. The van der Waals surface area contributed by atoms with Gasteiger partial charge in [0.25, 0.3) is 0 Å². The van der Waals surface area contributed by atoms with Crippen molar-refractivity contribution in [2.45, 2.75) is 38.3 Å². The average molecular weight is 314 g/mol. The van der Waals surface area contributed by atoms with Crippen LogP contribution >= 0.6 is 0 Å². The Hall–Kier alpha value is -1.13. The van der Waals surface area contributed by atoms with Gasteiger partial charge in [-0.25, -0.2) is 0 Å². The summed E-state index contributed by atoms with van der Waals surface area (Å²) < 4.78 is 2.04. The number of hydrogen-bond donors (Lipinski definition) is 0. The Balaban J connectivity index is 1.19. The molecule has 23 heavy (non-hydrogen) atoms. The highest BCUT2D eigenvalue weighted by atomic mass is 15.3. The van der Waals surface area contributed by atoms with Gasteiger partial charge in [0.15, 0.2) is 0 Å². The van der Waals surface area contributed by atoms with Gasteiger partial charge in [0.1, 0.15) is 0 Å². The van der Waals surface area contributed by atoms with Crippen LogP contribution < -0.4 is 0 Å². The summed E-state index contributed by atoms with van der Waals surface area (Å²) in [6, 6.07) is 2.80. The summed E-state index contributed by atoms with van der Waals surface area (Å²) in [5.74, 6) is 2.71. The fourth-order valence-corrected chi connectivity index (χ4v) is 4.88. The summed E-state index contributed by atoms with van der Waals surface area (Å²) in [5, 5.41) is 4.30. The van der Waals surface area contributed by atoms with Crippen LogP contribution in [0.4, 0.5) is 0 Å². The summed E-state index contributed by atoms with van der Waals surface area (Å²) in [7, 11) is 2.36. The molecule has 3 atom stereocenters. The monoisotopic (exact) mass is 314 g/mol. The van der Waals surface area contributed by atoms with E-state index < -0.39 is 0 Å². The molecule has 1 saturated carbocycles. The minimum atomic E-state index is 0.791. The van der Waals surface area contributed by atoms with Gasteiger partial charge in [0.05, 0.1) is 6.54 Å². The largest absolute Gasteiger partial charge is 0.303 e. The van der Waals surface area contributed by atoms with Crippen LogP contribution in [0.2, 0.25) is 0 Å². The molecule has 1 aromatic rings. The summed E-state index contributed by atoms with van der Waals surface area (Å²) in [4.78, 5) is 5.27. The van der Waals surface area contributed by atoms with E-state index in [2.05, 4.69) is 40.3 Å². The van der Waals surface area contributed by atoms with Gasteiger partial charge in [0.2, 0.25) is 0 Å². The third kappa shape index (κ3) is 3.53. The summed E-state index contributed by atoms with van der Waals surface area (Å²) in [5.41, 5.74) is 0. The minimum Gasteiger partial charge on any atom is -0.303 e. The number of allylic oxidation sites excluding steroid dienone is 2. The highest BCUT2D eigenvalue weighted by Crippen LogP contribution is 2.43. The smallest absolute Gasteiger partial charge is 0.0536 e. The molecule has 1 saturated heterocycles. The van der Waals surface area contributed by atoms with Crippen molar-refractivity contribution in [3.8, 4) is 0 Å². The first-order valence-corrected chi connectivity index (χ1v) is 9.36. The van der Waals surface area contributed by atoms with Gasteiger partial charge < -0.3 is 9.80 Å².